The SMILES string of the molecule is Cc1c(CNc2nnc(-c3ccccn3)[nH]2)cnn1-c1ccc(C(F)(F)F)cn1. The van der Waals surface area contributed by atoms with E-state index in [0.717, 1.165) is 23.5 Å². The maximum Gasteiger partial charge on any atom is 0.417 e. The van der Waals surface area contributed by atoms with Crippen molar-refractivity contribution >= 4 is 5.95 Å². The van der Waals surface area contributed by atoms with Gasteiger partial charge >= 0.3 is 6.18 Å². The first-order valence-electron chi connectivity index (χ1n) is 8.57. The Labute approximate surface area is 162 Å². The molecule has 0 saturated heterocycles. The Kier molecular flexibility index (Phi) is 4.71. The lowest BCUT2D eigenvalue weighted by molar-refractivity contribution is -0.137. The van der Waals surface area contributed by atoms with E-state index in [0.29, 0.717) is 29.8 Å². The van der Waals surface area contributed by atoms with Gasteiger partial charge in [0.05, 0.1) is 11.8 Å². The molecule has 0 aliphatic heterocycles. The molecular formula is C18H15F3N8. The number of hydrogen-bond donors (Lipinski definition) is 2. The monoisotopic (exact) mass is 400 g/mol. The standard InChI is InChI=1S/C18H15F3N8/c1-11-12(8-24-17-26-16(27-28-17)14-4-2-3-7-22-14)9-25-29(11)15-6-5-13(10-23-15)18(19,20)21/h2-7,9-10H,8H2,1H3,(H2,24,26,27,28). The number of aromatic nitrogens is 7. The van der Waals surface area contributed by atoms with Crippen LogP contribution in [0.2, 0.25) is 0 Å². The lowest BCUT2D eigenvalue weighted by Crippen LogP contribution is -2.08. The summed E-state index contributed by atoms with van der Waals surface area (Å²) in [7, 11) is 0. The summed E-state index contributed by atoms with van der Waals surface area (Å²) in [5, 5.41) is 15.4. The summed E-state index contributed by atoms with van der Waals surface area (Å²) >= 11 is 0. The van der Waals surface area contributed by atoms with Crippen LogP contribution in [0.25, 0.3) is 17.3 Å². The number of anilines is 1. The van der Waals surface area contributed by atoms with Gasteiger partial charge in [-0.15, -0.1) is 10.2 Å². The van der Waals surface area contributed by atoms with Gasteiger partial charge in [-0.3, -0.25) is 4.98 Å². The molecule has 0 radical (unpaired) electrons. The zero-order valence-corrected chi connectivity index (χ0v) is 15.1. The number of H-pyrrole nitrogens is 1. The Bertz CT molecular complexity index is 1100. The molecule has 0 saturated carbocycles. The van der Waals surface area contributed by atoms with Crippen LogP contribution in [0.4, 0.5) is 19.1 Å². The minimum absolute atomic E-state index is 0.304. The van der Waals surface area contributed by atoms with Gasteiger partial charge in [-0.05, 0) is 31.2 Å². The molecule has 0 spiro atoms. The van der Waals surface area contributed by atoms with Crippen molar-refractivity contribution in [2.45, 2.75) is 19.6 Å². The first kappa shape index (κ1) is 18.6. The zero-order chi connectivity index (χ0) is 20.4. The fourth-order valence-electron chi connectivity index (χ4n) is 2.67. The van der Waals surface area contributed by atoms with Gasteiger partial charge in [0, 0.05) is 30.2 Å². The molecule has 148 valence electrons. The lowest BCUT2D eigenvalue weighted by atomic mass is 10.2. The second-order valence-electron chi connectivity index (χ2n) is 6.16. The Balaban J connectivity index is 1.46. The van der Waals surface area contributed by atoms with Gasteiger partial charge in [-0.25, -0.2) is 9.67 Å². The summed E-state index contributed by atoms with van der Waals surface area (Å²) in [6.45, 7) is 2.20. The van der Waals surface area contributed by atoms with Crippen LogP contribution in [-0.4, -0.2) is 34.9 Å². The lowest BCUT2D eigenvalue weighted by Gasteiger charge is -2.08. The predicted octanol–water partition coefficient (Wildman–Crippen LogP) is 3.39. The van der Waals surface area contributed by atoms with Crippen LogP contribution in [0.1, 0.15) is 16.8 Å². The van der Waals surface area contributed by atoms with E-state index in [1.165, 1.54) is 10.7 Å². The van der Waals surface area contributed by atoms with Gasteiger partial charge in [0.25, 0.3) is 0 Å². The number of alkyl halides is 3. The summed E-state index contributed by atoms with van der Waals surface area (Å²) < 4.78 is 39.5. The molecule has 0 aromatic carbocycles. The molecule has 8 nitrogen and oxygen atoms in total. The van der Waals surface area contributed by atoms with Gasteiger partial charge in [0.15, 0.2) is 11.6 Å². The smallest absolute Gasteiger partial charge is 0.350 e. The first-order chi connectivity index (χ1) is 13.9. The molecule has 2 N–H and O–H groups in total. The van der Waals surface area contributed by atoms with Gasteiger partial charge in [-0.1, -0.05) is 6.07 Å². The van der Waals surface area contributed by atoms with Crippen LogP contribution in [0.3, 0.4) is 0 Å². The van der Waals surface area contributed by atoms with Crippen LogP contribution < -0.4 is 5.32 Å². The number of halogens is 3. The Hall–Kier alpha value is -3.76. The highest BCUT2D eigenvalue weighted by Crippen LogP contribution is 2.28. The summed E-state index contributed by atoms with van der Waals surface area (Å²) in [6, 6.07) is 7.75. The van der Waals surface area contributed by atoms with Crippen LogP contribution in [0.15, 0.2) is 48.9 Å². The molecule has 4 rings (SSSR count). The van der Waals surface area contributed by atoms with Crippen LogP contribution >= 0.6 is 0 Å². The van der Waals surface area contributed by atoms with Gasteiger partial charge in [0.2, 0.25) is 5.95 Å². The quantitative estimate of drug-likeness (QED) is 0.533. The number of aromatic amines is 1. The van der Waals surface area contributed by atoms with E-state index < -0.39 is 11.7 Å². The molecule has 29 heavy (non-hydrogen) atoms. The molecule has 0 amide bonds. The molecular weight excluding hydrogens is 385 g/mol. The minimum atomic E-state index is -4.43. The average Bonchev–Trinajstić information content (AvgIpc) is 3.33. The molecule has 0 fully saturated rings. The minimum Gasteiger partial charge on any atom is -0.350 e. The third kappa shape index (κ3) is 3.93. The van der Waals surface area contributed by atoms with Crippen LogP contribution in [0.5, 0.6) is 0 Å². The molecule has 4 aromatic rings. The van der Waals surface area contributed by atoms with Gasteiger partial charge < -0.3 is 10.3 Å². The van der Waals surface area contributed by atoms with Crippen LogP contribution in [0, 0.1) is 6.92 Å². The summed E-state index contributed by atoms with van der Waals surface area (Å²) in [5.41, 5.74) is 1.45. The normalized spacial score (nSPS) is 11.6. The van der Waals surface area contributed by atoms with Crippen molar-refractivity contribution in [2.75, 3.05) is 5.32 Å². The maximum absolute atomic E-state index is 12.7. The summed E-state index contributed by atoms with van der Waals surface area (Å²) in [4.78, 5) is 11.1. The van der Waals surface area contributed by atoms with Crippen molar-refractivity contribution in [3.05, 3.63) is 65.7 Å². The van der Waals surface area contributed by atoms with E-state index >= 15 is 0 Å². The third-order valence-electron chi connectivity index (χ3n) is 4.24. The molecule has 0 atom stereocenters. The second-order valence-corrected chi connectivity index (χ2v) is 6.16. The molecule has 0 aliphatic carbocycles. The molecule has 4 aromatic heterocycles. The number of pyridine rings is 2. The predicted molar refractivity (Wildman–Crippen MR) is 98.0 cm³/mol. The van der Waals surface area contributed by atoms with E-state index in [1.807, 2.05) is 25.1 Å². The third-order valence-corrected chi connectivity index (χ3v) is 4.24. The Morgan fingerprint density at radius 3 is 2.62 bits per heavy atom. The molecule has 0 bridgehead atoms. The summed E-state index contributed by atoms with van der Waals surface area (Å²) in [5.74, 6) is 1.30. The fraction of sp³-hybridized carbons (Fsp3) is 0.167. The molecule has 4 heterocycles. The first-order valence-corrected chi connectivity index (χ1v) is 8.57. The number of nitrogens with zero attached hydrogens (tertiary/aromatic N) is 6. The second kappa shape index (κ2) is 7.34. The van der Waals surface area contributed by atoms with Gasteiger partial charge in [-0.2, -0.15) is 18.3 Å². The number of nitrogens with one attached hydrogen (secondary N) is 2. The highest BCUT2D eigenvalue weighted by atomic mass is 19.4. The molecule has 0 unspecified atom stereocenters. The topological polar surface area (TPSA) is 97.2 Å². The summed E-state index contributed by atoms with van der Waals surface area (Å²) in [6.07, 6.45) is -0.345. The van der Waals surface area contributed by atoms with Crippen molar-refractivity contribution < 1.29 is 13.2 Å². The van der Waals surface area contributed by atoms with Crippen molar-refractivity contribution in [3.63, 3.8) is 0 Å². The fourth-order valence-corrected chi connectivity index (χ4v) is 2.67. The van der Waals surface area contributed by atoms with Crippen molar-refractivity contribution in [2.24, 2.45) is 0 Å². The van der Waals surface area contributed by atoms with Crippen molar-refractivity contribution in [3.8, 4) is 17.3 Å². The van der Waals surface area contributed by atoms with E-state index in [9.17, 15) is 13.2 Å². The van der Waals surface area contributed by atoms with E-state index in [2.05, 4.69) is 35.6 Å². The molecule has 0 aliphatic rings. The Morgan fingerprint density at radius 2 is 1.93 bits per heavy atom. The average molecular weight is 400 g/mol. The highest BCUT2D eigenvalue weighted by molar-refractivity contribution is 5.50. The largest absolute Gasteiger partial charge is 0.417 e. The van der Waals surface area contributed by atoms with E-state index in [1.54, 1.807) is 12.4 Å². The van der Waals surface area contributed by atoms with E-state index in [-0.39, 0.29) is 0 Å². The van der Waals surface area contributed by atoms with Crippen molar-refractivity contribution in [1.29, 1.82) is 0 Å². The number of rotatable bonds is 5. The maximum atomic E-state index is 12.7. The molecule has 11 heteroatoms. The Morgan fingerprint density at radius 1 is 1.07 bits per heavy atom. The number of hydrogen-bond acceptors (Lipinski definition) is 6. The highest BCUT2D eigenvalue weighted by Gasteiger charge is 2.30. The zero-order valence-electron chi connectivity index (χ0n) is 15.1. The van der Waals surface area contributed by atoms with E-state index in [4.69, 9.17) is 0 Å². The van der Waals surface area contributed by atoms with Crippen molar-refractivity contribution in [1.82, 2.24) is 34.9 Å². The van der Waals surface area contributed by atoms with Crippen LogP contribution in [-0.2, 0) is 12.7 Å². The van der Waals surface area contributed by atoms with Gasteiger partial charge in [0.1, 0.15) is 5.69 Å².